The van der Waals surface area contributed by atoms with E-state index in [4.69, 9.17) is 5.11 Å². The molecule has 7 heteroatoms. The molecule has 1 saturated heterocycles. The van der Waals surface area contributed by atoms with E-state index >= 15 is 0 Å². The average molecular weight is 311 g/mol. The van der Waals surface area contributed by atoms with Crippen molar-refractivity contribution in [3.05, 3.63) is 29.3 Å². The summed E-state index contributed by atoms with van der Waals surface area (Å²) >= 11 is 0. The fraction of sp³-hybridized carbons (Fsp3) is 0.429. The van der Waals surface area contributed by atoms with E-state index in [1.165, 1.54) is 6.07 Å². The first kappa shape index (κ1) is 15.9. The van der Waals surface area contributed by atoms with Gasteiger partial charge in [0.05, 0.1) is 17.1 Å². The number of aryl methyl sites for hydroxylation is 1. The van der Waals surface area contributed by atoms with E-state index in [0.29, 0.717) is 11.1 Å². The standard InChI is InChI=1S/C14H17NO5S/c1-10-4-5-11(3-2-6-16)7-14(10)21(19,20)15-8-12(17)13(18)9-15/h4-5,7,12-13,16-18H,6,8-9H2,1H3. The minimum atomic E-state index is -3.80. The zero-order chi connectivity index (χ0) is 15.6. The molecule has 2 rings (SSSR count). The zero-order valence-corrected chi connectivity index (χ0v) is 12.3. The molecule has 2 atom stereocenters. The Labute approximate surface area is 123 Å². The Kier molecular flexibility index (Phi) is 4.66. The van der Waals surface area contributed by atoms with Gasteiger partial charge in [-0.25, -0.2) is 8.42 Å². The lowest BCUT2D eigenvalue weighted by atomic mass is 10.1. The Morgan fingerprint density at radius 3 is 2.48 bits per heavy atom. The number of sulfonamides is 1. The minimum Gasteiger partial charge on any atom is -0.389 e. The molecule has 0 aromatic heterocycles. The first-order valence-corrected chi connectivity index (χ1v) is 7.87. The van der Waals surface area contributed by atoms with E-state index in [1.54, 1.807) is 19.1 Å². The molecule has 1 aromatic rings. The van der Waals surface area contributed by atoms with Gasteiger partial charge >= 0.3 is 0 Å². The van der Waals surface area contributed by atoms with E-state index in [-0.39, 0.29) is 24.6 Å². The largest absolute Gasteiger partial charge is 0.389 e. The van der Waals surface area contributed by atoms with Crippen LogP contribution < -0.4 is 0 Å². The lowest BCUT2D eigenvalue weighted by molar-refractivity contribution is 0.0572. The summed E-state index contributed by atoms with van der Waals surface area (Å²) in [6, 6.07) is 4.74. The molecule has 0 amide bonds. The summed E-state index contributed by atoms with van der Waals surface area (Å²) in [5.41, 5.74) is 1.04. The summed E-state index contributed by atoms with van der Waals surface area (Å²) in [4.78, 5) is 0.0912. The Hall–Kier alpha value is -1.43. The fourth-order valence-corrected chi connectivity index (χ4v) is 3.89. The van der Waals surface area contributed by atoms with Gasteiger partial charge in [0, 0.05) is 18.7 Å². The monoisotopic (exact) mass is 311 g/mol. The van der Waals surface area contributed by atoms with Crippen LogP contribution in [0.4, 0.5) is 0 Å². The second-order valence-corrected chi connectivity index (χ2v) is 6.80. The molecule has 1 aliphatic rings. The van der Waals surface area contributed by atoms with E-state index in [9.17, 15) is 18.6 Å². The Morgan fingerprint density at radius 2 is 1.90 bits per heavy atom. The van der Waals surface area contributed by atoms with Crippen molar-refractivity contribution in [2.75, 3.05) is 19.7 Å². The molecule has 1 heterocycles. The van der Waals surface area contributed by atoms with Crippen LogP contribution >= 0.6 is 0 Å². The number of hydrogen-bond acceptors (Lipinski definition) is 5. The first-order valence-electron chi connectivity index (χ1n) is 6.43. The summed E-state index contributed by atoms with van der Waals surface area (Å²) in [6.45, 7) is 1.10. The van der Waals surface area contributed by atoms with Gasteiger partial charge in [-0.3, -0.25) is 0 Å². The highest BCUT2D eigenvalue weighted by molar-refractivity contribution is 7.89. The van der Waals surface area contributed by atoms with Crippen molar-refractivity contribution in [1.29, 1.82) is 0 Å². The number of benzene rings is 1. The van der Waals surface area contributed by atoms with Crippen LogP contribution in [-0.2, 0) is 10.0 Å². The van der Waals surface area contributed by atoms with Gasteiger partial charge in [0.1, 0.15) is 6.61 Å². The van der Waals surface area contributed by atoms with Crippen LogP contribution in [0.3, 0.4) is 0 Å². The van der Waals surface area contributed by atoms with Crippen LogP contribution in [0, 0.1) is 18.8 Å². The lowest BCUT2D eigenvalue weighted by Gasteiger charge is -2.17. The maximum atomic E-state index is 12.6. The molecule has 1 aliphatic heterocycles. The van der Waals surface area contributed by atoms with E-state index in [0.717, 1.165) is 4.31 Å². The zero-order valence-electron chi connectivity index (χ0n) is 11.5. The normalized spacial score (nSPS) is 22.9. The van der Waals surface area contributed by atoms with Crippen LogP contribution in [0.1, 0.15) is 11.1 Å². The molecule has 0 spiro atoms. The van der Waals surface area contributed by atoms with Crippen molar-refractivity contribution in [1.82, 2.24) is 4.31 Å². The Bertz CT molecular complexity index is 679. The summed E-state index contributed by atoms with van der Waals surface area (Å²) < 4.78 is 26.2. The van der Waals surface area contributed by atoms with Gasteiger partial charge in [-0.15, -0.1) is 0 Å². The highest BCUT2D eigenvalue weighted by Crippen LogP contribution is 2.24. The molecule has 114 valence electrons. The number of aliphatic hydroxyl groups is 3. The summed E-state index contributed by atoms with van der Waals surface area (Å²) in [7, 11) is -3.80. The van der Waals surface area contributed by atoms with Crippen molar-refractivity contribution in [3.8, 4) is 11.8 Å². The predicted octanol–water partition coefficient (Wildman–Crippen LogP) is -0.935. The number of hydrogen-bond donors (Lipinski definition) is 3. The number of rotatable bonds is 2. The van der Waals surface area contributed by atoms with Gasteiger partial charge in [0.2, 0.25) is 10.0 Å². The second-order valence-electron chi connectivity index (χ2n) is 4.90. The molecular weight excluding hydrogens is 294 g/mol. The molecule has 0 radical (unpaired) electrons. The van der Waals surface area contributed by atoms with Gasteiger partial charge in [-0.1, -0.05) is 17.9 Å². The second kappa shape index (κ2) is 6.13. The maximum Gasteiger partial charge on any atom is 0.243 e. The summed E-state index contributed by atoms with van der Waals surface area (Å²) in [5.74, 6) is 5.12. The molecule has 1 aromatic carbocycles. The number of β-amino-alcohol motifs (C(OH)–C–C–N with tert-alkyl or cyclic N) is 2. The van der Waals surface area contributed by atoms with E-state index in [1.807, 2.05) is 0 Å². The quantitative estimate of drug-likeness (QED) is 0.613. The highest BCUT2D eigenvalue weighted by Gasteiger charge is 2.38. The molecule has 1 fully saturated rings. The van der Waals surface area contributed by atoms with E-state index < -0.39 is 22.2 Å². The van der Waals surface area contributed by atoms with Crippen LogP contribution in [0.2, 0.25) is 0 Å². The highest BCUT2D eigenvalue weighted by atomic mass is 32.2. The molecule has 0 bridgehead atoms. The van der Waals surface area contributed by atoms with Crippen molar-refractivity contribution in [2.24, 2.45) is 0 Å². The van der Waals surface area contributed by atoms with Gasteiger partial charge < -0.3 is 15.3 Å². The van der Waals surface area contributed by atoms with Gasteiger partial charge in [0.25, 0.3) is 0 Å². The maximum absolute atomic E-state index is 12.6. The van der Waals surface area contributed by atoms with Crippen LogP contribution in [0.15, 0.2) is 23.1 Å². The number of aliphatic hydroxyl groups excluding tert-OH is 3. The van der Waals surface area contributed by atoms with Crippen molar-refractivity contribution >= 4 is 10.0 Å². The molecule has 3 N–H and O–H groups in total. The van der Waals surface area contributed by atoms with E-state index in [2.05, 4.69) is 11.8 Å². The van der Waals surface area contributed by atoms with Gasteiger partial charge in [0.15, 0.2) is 0 Å². The average Bonchev–Trinajstić information content (AvgIpc) is 2.78. The summed E-state index contributed by atoms with van der Waals surface area (Å²) in [5, 5.41) is 27.7. The Balaban J connectivity index is 2.40. The van der Waals surface area contributed by atoms with Gasteiger partial charge in [-0.05, 0) is 24.6 Å². The molecule has 2 unspecified atom stereocenters. The van der Waals surface area contributed by atoms with Gasteiger partial charge in [-0.2, -0.15) is 4.31 Å². The molecule has 6 nitrogen and oxygen atoms in total. The molecule has 0 aliphatic carbocycles. The van der Waals surface area contributed by atoms with Crippen LogP contribution in [0.5, 0.6) is 0 Å². The SMILES string of the molecule is Cc1ccc(C#CCO)cc1S(=O)(=O)N1CC(O)C(O)C1. The lowest BCUT2D eigenvalue weighted by Crippen LogP contribution is -2.30. The molecule has 0 saturated carbocycles. The predicted molar refractivity (Wildman–Crippen MR) is 75.9 cm³/mol. The van der Waals surface area contributed by atoms with Crippen molar-refractivity contribution in [2.45, 2.75) is 24.0 Å². The van der Waals surface area contributed by atoms with Crippen molar-refractivity contribution < 1.29 is 23.7 Å². The topological polar surface area (TPSA) is 98.1 Å². The third-order valence-electron chi connectivity index (χ3n) is 3.34. The smallest absolute Gasteiger partial charge is 0.243 e. The molecular formula is C14H17NO5S. The first-order chi connectivity index (χ1) is 9.86. The third kappa shape index (κ3) is 3.26. The Morgan fingerprint density at radius 1 is 1.29 bits per heavy atom. The summed E-state index contributed by atoms with van der Waals surface area (Å²) in [6.07, 6.45) is -2.14. The minimum absolute atomic E-state index is 0.0912. The van der Waals surface area contributed by atoms with Crippen molar-refractivity contribution in [3.63, 3.8) is 0 Å². The van der Waals surface area contributed by atoms with Crippen LogP contribution in [0.25, 0.3) is 0 Å². The molecule has 21 heavy (non-hydrogen) atoms. The number of nitrogens with zero attached hydrogens (tertiary/aromatic N) is 1. The third-order valence-corrected chi connectivity index (χ3v) is 5.32. The van der Waals surface area contributed by atoms with Crippen LogP contribution in [-0.4, -0.2) is 59.9 Å². The fourth-order valence-electron chi connectivity index (χ4n) is 2.17.